The van der Waals surface area contributed by atoms with Crippen LogP contribution in [0.4, 0.5) is 4.79 Å². The normalized spacial score (nSPS) is 29.9. The van der Waals surface area contributed by atoms with Crippen LogP contribution in [0.25, 0.3) is 0 Å². The van der Waals surface area contributed by atoms with Gasteiger partial charge >= 0.3 is 6.03 Å². The molecule has 2 amide bonds. The number of carbonyl (C=O) groups excluding carboxylic acids is 1. The molecule has 0 aromatic heterocycles. The number of methoxy groups -OCH3 is 1. The van der Waals surface area contributed by atoms with E-state index in [-0.39, 0.29) is 24.3 Å². The number of rotatable bonds is 5. The number of ether oxygens (including phenoxy) is 2. The minimum Gasteiger partial charge on any atom is -0.497 e. The van der Waals surface area contributed by atoms with Gasteiger partial charge in [0.05, 0.1) is 37.6 Å². The molecule has 0 saturated carbocycles. The van der Waals surface area contributed by atoms with Gasteiger partial charge in [0.2, 0.25) is 0 Å². The summed E-state index contributed by atoms with van der Waals surface area (Å²) in [6.07, 6.45) is 4.12. The van der Waals surface area contributed by atoms with E-state index in [4.69, 9.17) is 14.3 Å². The van der Waals surface area contributed by atoms with E-state index in [1.54, 1.807) is 7.11 Å². The van der Waals surface area contributed by atoms with Crippen molar-refractivity contribution in [3.05, 3.63) is 29.8 Å². The molecule has 7 heteroatoms. The summed E-state index contributed by atoms with van der Waals surface area (Å²) in [6, 6.07) is 7.68. The molecule has 4 atom stereocenters. The molecule has 3 aliphatic heterocycles. The lowest BCUT2D eigenvalue weighted by Crippen LogP contribution is -2.47. The van der Waals surface area contributed by atoms with Crippen molar-refractivity contribution >= 4 is 11.7 Å². The van der Waals surface area contributed by atoms with Crippen LogP contribution in [0.15, 0.2) is 29.4 Å². The van der Waals surface area contributed by atoms with Crippen LogP contribution in [0.2, 0.25) is 0 Å². The van der Waals surface area contributed by atoms with Gasteiger partial charge in [0, 0.05) is 6.42 Å². The monoisotopic (exact) mass is 345 g/mol. The number of nitrogens with one attached hydrogen (secondary N) is 2. The molecule has 3 heterocycles. The third kappa shape index (κ3) is 3.56. The molecule has 0 aliphatic carbocycles. The van der Waals surface area contributed by atoms with Crippen LogP contribution < -0.4 is 15.4 Å². The number of benzene rings is 1. The average Bonchev–Trinajstić information content (AvgIpc) is 3.37. The standard InChI is InChI=1S/C18H23N3O4/c1-23-12-4-2-11(3-5-12)15-9-14(25-21-15)10-19-18(22)20-16-8-13-6-7-17(16)24-13/h2-5,13-14,16-17H,6-10H2,1H3,(H2,19,20,22)/t13-,14+,16-,17-/m1/s1. The number of nitrogens with zero attached hydrogens (tertiary/aromatic N) is 1. The van der Waals surface area contributed by atoms with Crippen LogP contribution in [0.1, 0.15) is 31.2 Å². The van der Waals surface area contributed by atoms with Crippen molar-refractivity contribution in [2.24, 2.45) is 5.16 Å². The zero-order valence-corrected chi connectivity index (χ0v) is 14.2. The number of urea groups is 1. The molecule has 134 valence electrons. The van der Waals surface area contributed by atoms with Gasteiger partial charge in [0.15, 0.2) is 6.10 Å². The van der Waals surface area contributed by atoms with Crippen LogP contribution in [-0.2, 0) is 9.57 Å². The molecule has 0 radical (unpaired) electrons. The van der Waals surface area contributed by atoms with Crippen LogP contribution in [0, 0.1) is 0 Å². The Morgan fingerprint density at radius 1 is 1.32 bits per heavy atom. The highest BCUT2D eigenvalue weighted by Crippen LogP contribution is 2.34. The number of oxime groups is 1. The number of fused-ring (bicyclic) bond motifs is 2. The van der Waals surface area contributed by atoms with Gasteiger partial charge in [-0.05, 0) is 49.1 Å². The van der Waals surface area contributed by atoms with Crippen molar-refractivity contribution in [1.82, 2.24) is 10.6 Å². The van der Waals surface area contributed by atoms with Crippen LogP contribution in [-0.4, -0.2) is 49.8 Å². The van der Waals surface area contributed by atoms with E-state index < -0.39 is 0 Å². The Morgan fingerprint density at radius 3 is 2.84 bits per heavy atom. The summed E-state index contributed by atoms with van der Waals surface area (Å²) in [6.45, 7) is 0.427. The van der Waals surface area contributed by atoms with Crippen molar-refractivity contribution in [1.29, 1.82) is 0 Å². The topological polar surface area (TPSA) is 81.2 Å². The highest BCUT2D eigenvalue weighted by molar-refractivity contribution is 6.01. The summed E-state index contributed by atoms with van der Waals surface area (Å²) in [5, 5.41) is 10.0. The summed E-state index contributed by atoms with van der Waals surface area (Å²) in [4.78, 5) is 17.5. The Balaban J connectivity index is 1.21. The fraction of sp³-hybridized carbons (Fsp3) is 0.556. The molecule has 3 aliphatic rings. The fourth-order valence-corrected chi connectivity index (χ4v) is 3.71. The molecule has 25 heavy (non-hydrogen) atoms. The zero-order valence-electron chi connectivity index (χ0n) is 14.2. The molecule has 1 aromatic rings. The van der Waals surface area contributed by atoms with Gasteiger partial charge in [0.1, 0.15) is 5.75 Å². The van der Waals surface area contributed by atoms with Gasteiger partial charge in [-0.1, -0.05) is 5.16 Å². The first-order valence-electron chi connectivity index (χ1n) is 8.78. The van der Waals surface area contributed by atoms with E-state index in [9.17, 15) is 4.79 Å². The van der Waals surface area contributed by atoms with Crippen molar-refractivity contribution in [2.45, 2.75) is 50.0 Å². The highest BCUT2D eigenvalue weighted by Gasteiger charge is 2.41. The minimum absolute atomic E-state index is 0.134. The summed E-state index contributed by atoms with van der Waals surface area (Å²) >= 11 is 0. The predicted molar refractivity (Wildman–Crippen MR) is 91.9 cm³/mol. The van der Waals surface area contributed by atoms with Crippen LogP contribution >= 0.6 is 0 Å². The molecule has 7 nitrogen and oxygen atoms in total. The van der Waals surface area contributed by atoms with Crippen molar-refractivity contribution in [3.63, 3.8) is 0 Å². The summed E-state index contributed by atoms with van der Waals surface area (Å²) in [5.74, 6) is 0.808. The molecule has 2 saturated heterocycles. The van der Waals surface area contributed by atoms with E-state index in [0.717, 1.165) is 36.3 Å². The van der Waals surface area contributed by atoms with E-state index in [1.807, 2.05) is 24.3 Å². The van der Waals surface area contributed by atoms with E-state index in [0.29, 0.717) is 19.1 Å². The maximum atomic E-state index is 12.1. The molecule has 0 spiro atoms. The summed E-state index contributed by atoms with van der Waals surface area (Å²) in [5.41, 5.74) is 1.89. The first-order valence-corrected chi connectivity index (χ1v) is 8.78. The molecular formula is C18H23N3O4. The Bertz CT molecular complexity index is 661. The van der Waals surface area contributed by atoms with Gasteiger partial charge in [-0.2, -0.15) is 0 Å². The highest BCUT2D eigenvalue weighted by atomic mass is 16.6. The number of hydrogen-bond acceptors (Lipinski definition) is 5. The Kier molecular flexibility index (Phi) is 4.48. The van der Waals surface area contributed by atoms with E-state index in [2.05, 4.69) is 15.8 Å². The lowest BCUT2D eigenvalue weighted by molar-refractivity contribution is 0.0856. The summed E-state index contributed by atoms with van der Waals surface area (Å²) in [7, 11) is 1.64. The Labute approximate surface area is 146 Å². The predicted octanol–water partition coefficient (Wildman–Crippen LogP) is 1.81. The first-order chi connectivity index (χ1) is 12.2. The molecule has 1 aromatic carbocycles. The number of amides is 2. The van der Waals surface area contributed by atoms with Gasteiger partial charge in [-0.25, -0.2) is 4.79 Å². The molecule has 4 rings (SSSR count). The molecule has 0 unspecified atom stereocenters. The van der Waals surface area contributed by atoms with Gasteiger partial charge < -0.3 is 24.9 Å². The van der Waals surface area contributed by atoms with E-state index in [1.165, 1.54) is 0 Å². The SMILES string of the molecule is COc1ccc(C2=NO[C@H](CNC(=O)N[C@@H]3C[C@H]4CC[C@H]3O4)C2)cc1. The van der Waals surface area contributed by atoms with Crippen molar-refractivity contribution in [2.75, 3.05) is 13.7 Å². The maximum Gasteiger partial charge on any atom is 0.315 e. The van der Waals surface area contributed by atoms with E-state index >= 15 is 0 Å². The Hall–Kier alpha value is -2.28. The van der Waals surface area contributed by atoms with Gasteiger partial charge in [-0.15, -0.1) is 0 Å². The smallest absolute Gasteiger partial charge is 0.315 e. The Morgan fingerprint density at radius 2 is 2.16 bits per heavy atom. The van der Waals surface area contributed by atoms with Gasteiger partial charge in [0.25, 0.3) is 0 Å². The fourth-order valence-electron chi connectivity index (χ4n) is 3.71. The van der Waals surface area contributed by atoms with Crippen molar-refractivity contribution < 1.29 is 19.1 Å². The van der Waals surface area contributed by atoms with Crippen LogP contribution in [0.5, 0.6) is 5.75 Å². The molecular weight excluding hydrogens is 322 g/mol. The third-order valence-electron chi connectivity index (χ3n) is 5.07. The average molecular weight is 345 g/mol. The second-order valence-electron chi connectivity index (χ2n) is 6.77. The zero-order chi connectivity index (χ0) is 17.2. The lowest BCUT2D eigenvalue weighted by atomic mass is 9.96. The lowest BCUT2D eigenvalue weighted by Gasteiger charge is -2.20. The molecule has 2 N–H and O–H groups in total. The second-order valence-corrected chi connectivity index (χ2v) is 6.77. The minimum atomic E-state index is -0.164. The third-order valence-corrected chi connectivity index (χ3v) is 5.07. The van der Waals surface area contributed by atoms with Gasteiger partial charge in [-0.3, -0.25) is 0 Å². The quantitative estimate of drug-likeness (QED) is 0.853. The second kappa shape index (κ2) is 6.92. The molecule has 2 fully saturated rings. The largest absolute Gasteiger partial charge is 0.497 e. The maximum absolute atomic E-state index is 12.1. The number of hydrogen-bond donors (Lipinski definition) is 2. The molecule has 2 bridgehead atoms. The van der Waals surface area contributed by atoms with Crippen molar-refractivity contribution in [3.8, 4) is 5.75 Å². The summed E-state index contributed by atoms with van der Waals surface area (Å²) < 4.78 is 10.9. The van der Waals surface area contributed by atoms with Crippen LogP contribution in [0.3, 0.4) is 0 Å². The number of carbonyl (C=O) groups is 1. The first kappa shape index (κ1) is 16.2.